The van der Waals surface area contributed by atoms with E-state index < -0.39 is 5.82 Å². The Morgan fingerprint density at radius 3 is 2.69 bits per heavy atom. The van der Waals surface area contributed by atoms with E-state index in [2.05, 4.69) is 29.9 Å². The highest BCUT2D eigenvalue weighted by Crippen LogP contribution is 2.30. The molecule has 10 heteroatoms. The molecule has 9 nitrogen and oxygen atoms in total. The molecule has 7 rings (SSSR count). The number of aromatic nitrogens is 6. The number of likely N-dealkylation sites (tertiary alicyclic amines) is 2. The van der Waals surface area contributed by atoms with E-state index in [9.17, 15) is 9.18 Å². The molecular formula is C29H26FN8O. The van der Waals surface area contributed by atoms with Gasteiger partial charge in [0.05, 0.1) is 11.9 Å². The van der Waals surface area contributed by atoms with Gasteiger partial charge in [-0.1, -0.05) is 12.1 Å². The third-order valence-corrected chi connectivity index (χ3v) is 7.76. The molecule has 2 saturated heterocycles. The number of H-pyrrole nitrogens is 1. The quantitative estimate of drug-likeness (QED) is 0.375. The van der Waals surface area contributed by atoms with Gasteiger partial charge in [0.2, 0.25) is 0 Å². The van der Waals surface area contributed by atoms with Crippen molar-refractivity contribution < 1.29 is 9.18 Å². The lowest BCUT2D eigenvalue weighted by Gasteiger charge is -2.46. The second-order valence-corrected chi connectivity index (χ2v) is 10.1. The van der Waals surface area contributed by atoms with Crippen LogP contribution >= 0.6 is 0 Å². The third-order valence-electron chi connectivity index (χ3n) is 7.76. The minimum atomic E-state index is -0.411. The monoisotopic (exact) mass is 521 g/mol. The van der Waals surface area contributed by atoms with Crippen LogP contribution in [0.5, 0.6) is 0 Å². The van der Waals surface area contributed by atoms with Crippen molar-refractivity contribution in [1.29, 1.82) is 0 Å². The van der Waals surface area contributed by atoms with Crippen molar-refractivity contribution in [3.05, 3.63) is 91.1 Å². The maximum atomic E-state index is 14.8. The number of carbonyl (C=O) groups excluding carboxylic acids is 1. The third kappa shape index (κ3) is 4.36. The van der Waals surface area contributed by atoms with Crippen LogP contribution in [0.3, 0.4) is 0 Å². The van der Waals surface area contributed by atoms with E-state index in [0.717, 1.165) is 48.2 Å². The zero-order chi connectivity index (χ0) is 26.3. The van der Waals surface area contributed by atoms with E-state index in [-0.39, 0.29) is 5.91 Å². The number of aromatic amines is 1. The zero-order valence-corrected chi connectivity index (χ0v) is 21.2. The SMILES string of the molecule is O=C(c1ccc(-c2cccnc2)c(F)c1)N1CCC(N2C[C](n3cc(-c4ncnc5[nH]ccc45)cn3)C2)CC1. The highest BCUT2D eigenvalue weighted by Gasteiger charge is 2.37. The number of nitrogens with zero attached hydrogens (tertiary/aromatic N) is 7. The Bertz CT molecular complexity index is 1630. The molecule has 0 unspecified atom stereocenters. The van der Waals surface area contributed by atoms with Gasteiger partial charge < -0.3 is 9.88 Å². The Kier molecular flexibility index (Phi) is 5.89. The first kappa shape index (κ1) is 23.7. The first-order valence-electron chi connectivity index (χ1n) is 13.1. The van der Waals surface area contributed by atoms with Crippen molar-refractivity contribution in [2.24, 2.45) is 0 Å². The lowest BCUT2D eigenvalue weighted by atomic mass is 9.96. The molecule has 5 aromatic rings. The summed E-state index contributed by atoms with van der Waals surface area (Å²) >= 11 is 0. The van der Waals surface area contributed by atoms with Crippen molar-refractivity contribution in [2.45, 2.75) is 18.9 Å². The fraction of sp³-hybridized carbons (Fsp3) is 0.241. The number of pyridine rings is 1. The average Bonchev–Trinajstić information content (AvgIpc) is 3.63. The largest absolute Gasteiger partial charge is 0.346 e. The highest BCUT2D eigenvalue weighted by molar-refractivity contribution is 5.95. The van der Waals surface area contributed by atoms with Crippen LogP contribution in [0.4, 0.5) is 4.39 Å². The molecule has 0 saturated carbocycles. The summed E-state index contributed by atoms with van der Waals surface area (Å²) in [5.41, 5.74) is 4.17. The number of benzene rings is 1. The molecule has 1 amide bonds. The number of hydrogen-bond acceptors (Lipinski definition) is 6. The number of hydrogen-bond donors (Lipinski definition) is 1. The van der Waals surface area contributed by atoms with E-state index >= 15 is 0 Å². The molecule has 4 aromatic heterocycles. The smallest absolute Gasteiger partial charge is 0.253 e. The van der Waals surface area contributed by atoms with Gasteiger partial charge in [0.1, 0.15) is 23.8 Å². The zero-order valence-electron chi connectivity index (χ0n) is 21.2. The lowest BCUT2D eigenvalue weighted by Crippen LogP contribution is -2.56. The molecule has 195 valence electrons. The topological polar surface area (TPSA) is 95.8 Å². The Morgan fingerprint density at radius 2 is 1.90 bits per heavy atom. The van der Waals surface area contributed by atoms with Gasteiger partial charge in [-0.2, -0.15) is 5.10 Å². The first-order valence-corrected chi connectivity index (χ1v) is 13.1. The van der Waals surface area contributed by atoms with E-state index in [0.29, 0.717) is 35.8 Å². The summed E-state index contributed by atoms with van der Waals surface area (Å²) in [6, 6.07) is 11.9. The summed E-state index contributed by atoms with van der Waals surface area (Å²) in [7, 11) is 0. The Labute approximate surface area is 224 Å². The molecule has 2 aliphatic rings. The minimum Gasteiger partial charge on any atom is -0.346 e. The Hall–Kier alpha value is -4.44. The predicted molar refractivity (Wildman–Crippen MR) is 144 cm³/mol. The van der Waals surface area contributed by atoms with E-state index in [4.69, 9.17) is 0 Å². The van der Waals surface area contributed by atoms with Gasteiger partial charge >= 0.3 is 0 Å². The maximum Gasteiger partial charge on any atom is 0.253 e. The van der Waals surface area contributed by atoms with Crippen molar-refractivity contribution in [3.63, 3.8) is 0 Å². The first-order chi connectivity index (χ1) is 19.1. The summed E-state index contributed by atoms with van der Waals surface area (Å²) in [5, 5.41) is 5.56. The molecule has 1 aromatic carbocycles. The summed E-state index contributed by atoms with van der Waals surface area (Å²) in [4.78, 5) is 33.3. The van der Waals surface area contributed by atoms with Crippen LogP contribution in [0.25, 0.3) is 33.4 Å². The van der Waals surface area contributed by atoms with Gasteiger partial charge in [-0.25, -0.2) is 14.4 Å². The molecule has 39 heavy (non-hydrogen) atoms. The van der Waals surface area contributed by atoms with Crippen LogP contribution in [0, 0.1) is 11.9 Å². The standard InChI is InChI=1S/C29H26FN8O/c30-26-12-19(3-4-24(26)20-2-1-8-31-13-20)29(39)36-10-6-22(7-11-36)37-16-23(17-37)38-15-21(14-35-38)27-25-5-9-32-28(25)34-18-33-27/h1-5,8-9,12-15,18,22H,6-7,10-11,16-17H2,(H,32,33,34). The number of nitrogens with one attached hydrogen (secondary N) is 1. The van der Waals surface area contributed by atoms with Crippen LogP contribution in [-0.2, 0) is 0 Å². The molecule has 6 heterocycles. The van der Waals surface area contributed by atoms with E-state index in [1.165, 1.54) is 12.1 Å². The second-order valence-electron chi connectivity index (χ2n) is 10.1. The summed E-state index contributed by atoms with van der Waals surface area (Å²) < 4.78 is 16.7. The van der Waals surface area contributed by atoms with Crippen molar-refractivity contribution in [2.75, 3.05) is 26.2 Å². The van der Waals surface area contributed by atoms with Crippen molar-refractivity contribution in [1.82, 2.24) is 39.5 Å². The molecule has 0 spiro atoms. The Balaban J connectivity index is 0.942. The van der Waals surface area contributed by atoms with Crippen LogP contribution in [0.1, 0.15) is 23.2 Å². The number of rotatable bonds is 5. The second kappa shape index (κ2) is 9.70. The minimum absolute atomic E-state index is 0.119. The van der Waals surface area contributed by atoms with Gasteiger partial charge in [-0.15, -0.1) is 0 Å². The van der Waals surface area contributed by atoms with E-state index in [1.54, 1.807) is 43.0 Å². The molecule has 2 fully saturated rings. The molecule has 0 aliphatic carbocycles. The Morgan fingerprint density at radius 1 is 1.03 bits per heavy atom. The van der Waals surface area contributed by atoms with Crippen LogP contribution in [-0.4, -0.2) is 77.6 Å². The van der Waals surface area contributed by atoms with Gasteiger partial charge in [0.25, 0.3) is 5.91 Å². The molecule has 0 atom stereocenters. The molecule has 1 radical (unpaired) electrons. The van der Waals surface area contributed by atoms with E-state index in [1.807, 2.05) is 34.2 Å². The van der Waals surface area contributed by atoms with Crippen LogP contribution in [0.15, 0.2) is 73.7 Å². The summed E-state index contributed by atoms with van der Waals surface area (Å²) in [6.45, 7) is 3.02. The summed E-state index contributed by atoms with van der Waals surface area (Å²) in [6.07, 6.45) is 12.4. The summed E-state index contributed by atoms with van der Waals surface area (Å²) in [5.74, 6) is -0.530. The normalized spacial score (nSPS) is 17.0. The van der Waals surface area contributed by atoms with Gasteiger partial charge in [0.15, 0.2) is 0 Å². The number of amides is 1. The molecule has 2 aliphatic heterocycles. The highest BCUT2D eigenvalue weighted by atomic mass is 19.1. The van der Waals surface area contributed by atoms with Crippen LogP contribution < -0.4 is 0 Å². The van der Waals surface area contributed by atoms with Crippen LogP contribution in [0.2, 0.25) is 0 Å². The predicted octanol–water partition coefficient (Wildman–Crippen LogP) is 4.02. The maximum absolute atomic E-state index is 14.8. The number of carbonyl (C=O) groups is 1. The molecular weight excluding hydrogens is 495 g/mol. The fourth-order valence-electron chi connectivity index (χ4n) is 5.57. The molecule has 1 N–H and O–H groups in total. The van der Waals surface area contributed by atoms with Crippen molar-refractivity contribution in [3.8, 4) is 22.4 Å². The number of fused-ring (bicyclic) bond motifs is 1. The molecule has 0 bridgehead atoms. The van der Waals surface area contributed by atoms with Gasteiger partial charge in [-0.05, 0) is 37.1 Å². The van der Waals surface area contributed by atoms with Gasteiger partial charge in [0, 0.05) is 84.6 Å². The number of halogens is 1. The number of piperidine rings is 1. The van der Waals surface area contributed by atoms with Crippen molar-refractivity contribution >= 4 is 16.9 Å². The lowest BCUT2D eigenvalue weighted by molar-refractivity contribution is 0.0514. The fourth-order valence-corrected chi connectivity index (χ4v) is 5.57. The average molecular weight is 522 g/mol. The van der Waals surface area contributed by atoms with Gasteiger partial charge in [-0.3, -0.25) is 19.4 Å².